The van der Waals surface area contributed by atoms with Crippen LogP contribution in [-0.4, -0.2) is 30.9 Å². The Morgan fingerprint density at radius 3 is 2.78 bits per heavy atom. The van der Waals surface area contributed by atoms with Gasteiger partial charge >= 0.3 is 0 Å². The van der Waals surface area contributed by atoms with E-state index < -0.39 is 0 Å². The molecule has 0 aromatic heterocycles. The Balaban J connectivity index is 0.00000162. The summed E-state index contributed by atoms with van der Waals surface area (Å²) >= 11 is 0. The van der Waals surface area contributed by atoms with Crippen LogP contribution in [-0.2, 0) is 9.59 Å². The van der Waals surface area contributed by atoms with Crippen molar-refractivity contribution < 1.29 is 9.59 Å². The van der Waals surface area contributed by atoms with Crippen molar-refractivity contribution in [3.8, 4) is 0 Å². The van der Waals surface area contributed by atoms with E-state index in [1.54, 1.807) is 0 Å². The molecule has 0 aromatic carbocycles. The second-order valence-corrected chi connectivity index (χ2v) is 5.08. The van der Waals surface area contributed by atoms with Gasteiger partial charge < -0.3 is 16.4 Å². The number of amides is 2. The van der Waals surface area contributed by atoms with Gasteiger partial charge in [-0.25, -0.2) is 0 Å². The minimum Gasteiger partial charge on any atom is -0.354 e. The summed E-state index contributed by atoms with van der Waals surface area (Å²) in [5, 5.41) is 5.81. The Hall–Kier alpha value is -0.810. The summed E-state index contributed by atoms with van der Waals surface area (Å²) in [6, 6.07) is 0.0965. The topological polar surface area (TPSA) is 84.2 Å². The van der Waals surface area contributed by atoms with E-state index in [9.17, 15) is 9.59 Å². The maximum Gasteiger partial charge on any atom is 0.223 e. The lowest BCUT2D eigenvalue weighted by molar-refractivity contribution is -0.128. The highest BCUT2D eigenvalue weighted by Gasteiger charge is 2.33. The zero-order valence-electron chi connectivity index (χ0n) is 10.5. The number of nitrogens with two attached hydrogens (primary N) is 1. The Morgan fingerprint density at radius 1 is 1.39 bits per heavy atom. The second-order valence-electron chi connectivity index (χ2n) is 5.08. The van der Waals surface area contributed by atoms with Crippen molar-refractivity contribution in [1.82, 2.24) is 10.6 Å². The SMILES string of the molecule is Cl.NC[C@H]1CCC[C@H]1C(=O)NC1CCC(=O)NC1. The van der Waals surface area contributed by atoms with Crippen LogP contribution in [0.2, 0.25) is 0 Å². The molecule has 1 saturated carbocycles. The summed E-state index contributed by atoms with van der Waals surface area (Å²) in [6.07, 6.45) is 4.37. The maximum absolute atomic E-state index is 12.1. The number of hydrogen-bond acceptors (Lipinski definition) is 3. The number of hydrogen-bond donors (Lipinski definition) is 3. The van der Waals surface area contributed by atoms with Gasteiger partial charge in [0.1, 0.15) is 0 Å². The van der Waals surface area contributed by atoms with Gasteiger partial charge in [0.05, 0.1) is 0 Å². The molecule has 2 fully saturated rings. The zero-order valence-corrected chi connectivity index (χ0v) is 11.3. The molecular weight excluding hydrogens is 254 g/mol. The number of rotatable bonds is 3. The predicted octanol–water partition coefficient (Wildman–Crippen LogP) is 0.178. The van der Waals surface area contributed by atoms with Gasteiger partial charge in [0.2, 0.25) is 11.8 Å². The first-order valence-corrected chi connectivity index (χ1v) is 6.48. The normalized spacial score (nSPS) is 31.4. The predicted molar refractivity (Wildman–Crippen MR) is 71.3 cm³/mol. The van der Waals surface area contributed by atoms with Gasteiger partial charge in [0, 0.05) is 24.9 Å². The van der Waals surface area contributed by atoms with Crippen molar-refractivity contribution in [1.29, 1.82) is 0 Å². The number of piperidine rings is 1. The molecule has 1 aliphatic carbocycles. The second kappa shape index (κ2) is 6.95. The van der Waals surface area contributed by atoms with Crippen molar-refractivity contribution in [2.45, 2.75) is 38.1 Å². The van der Waals surface area contributed by atoms with Crippen LogP contribution in [0.3, 0.4) is 0 Å². The molecule has 1 unspecified atom stereocenters. The van der Waals surface area contributed by atoms with Crippen molar-refractivity contribution in [3.63, 3.8) is 0 Å². The molecule has 1 saturated heterocycles. The summed E-state index contributed by atoms with van der Waals surface area (Å²) in [7, 11) is 0. The van der Waals surface area contributed by atoms with Gasteiger partial charge in [-0.15, -0.1) is 12.4 Å². The highest BCUT2D eigenvalue weighted by Crippen LogP contribution is 2.31. The standard InChI is InChI=1S/C12H21N3O2.ClH/c13-6-8-2-1-3-10(8)12(17)15-9-4-5-11(16)14-7-9;/h8-10H,1-7,13H2,(H,14,16)(H,15,17);1H/t8-,9?,10-;/m1./s1. The molecule has 5 nitrogen and oxygen atoms in total. The lowest BCUT2D eigenvalue weighted by Gasteiger charge is -2.26. The van der Waals surface area contributed by atoms with Crippen LogP contribution in [0.25, 0.3) is 0 Å². The molecule has 0 bridgehead atoms. The third-order valence-electron chi connectivity index (χ3n) is 3.91. The number of carbonyl (C=O) groups excluding carboxylic acids is 2. The Kier molecular flexibility index (Phi) is 5.88. The van der Waals surface area contributed by atoms with Crippen LogP contribution in [0.15, 0.2) is 0 Å². The van der Waals surface area contributed by atoms with E-state index in [1.807, 2.05) is 0 Å². The van der Waals surface area contributed by atoms with Crippen molar-refractivity contribution in [2.24, 2.45) is 17.6 Å². The minimum atomic E-state index is 0. The largest absolute Gasteiger partial charge is 0.354 e. The fourth-order valence-electron chi connectivity index (χ4n) is 2.83. The Bertz CT molecular complexity index is 302. The lowest BCUT2D eigenvalue weighted by Crippen LogP contribution is -2.49. The van der Waals surface area contributed by atoms with Crippen LogP contribution in [0.5, 0.6) is 0 Å². The molecule has 6 heteroatoms. The Morgan fingerprint density at radius 2 is 2.17 bits per heavy atom. The molecular formula is C12H22ClN3O2. The molecule has 0 radical (unpaired) electrons. The average Bonchev–Trinajstić information content (AvgIpc) is 2.80. The summed E-state index contributed by atoms with van der Waals surface area (Å²) in [5.74, 6) is 0.626. The molecule has 2 amide bonds. The van der Waals surface area contributed by atoms with E-state index in [0.29, 0.717) is 25.4 Å². The van der Waals surface area contributed by atoms with Gasteiger partial charge in [0.25, 0.3) is 0 Å². The molecule has 0 aromatic rings. The summed E-state index contributed by atoms with van der Waals surface area (Å²) in [6.45, 7) is 1.16. The summed E-state index contributed by atoms with van der Waals surface area (Å²) in [5.41, 5.74) is 5.68. The fourth-order valence-corrected chi connectivity index (χ4v) is 2.83. The first kappa shape index (κ1) is 15.2. The van der Waals surface area contributed by atoms with Crippen molar-refractivity contribution in [2.75, 3.05) is 13.1 Å². The zero-order chi connectivity index (χ0) is 12.3. The summed E-state index contributed by atoms with van der Waals surface area (Å²) in [4.78, 5) is 23.1. The highest BCUT2D eigenvalue weighted by atomic mass is 35.5. The van der Waals surface area contributed by atoms with Crippen LogP contribution >= 0.6 is 12.4 Å². The van der Waals surface area contributed by atoms with Gasteiger partial charge in [-0.2, -0.15) is 0 Å². The van der Waals surface area contributed by atoms with E-state index in [2.05, 4.69) is 10.6 Å². The maximum atomic E-state index is 12.1. The van der Waals surface area contributed by atoms with Gasteiger partial charge in [-0.1, -0.05) is 6.42 Å². The van der Waals surface area contributed by atoms with E-state index in [4.69, 9.17) is 5.73 Å². The van der Waals surface area contributed by atoms with E-state index in [1.165, 1.54) is 0 Å². The molecule has 1 heterocycles. The molecule has 18 heavy (non-hydrogen) atoms. The van der Waals surface area contributed by atoms with Crippen molar-refractivity contribution >= 4 is 24.2 Å². The molecule has 3 atom stereocenters. The van der Waals surface area contributed by atoms with E-state index in [0.717, 1.165) is 25.7 Å². The number of carbonyl (C=O) groups is 2. The third-order valence-corrected chi connectivity index (χ3v) is 3.91. The molecule has 104 valence electrons. The van der Waals surface area contributed by atoms with Gasteiger partial charge in [-0.3, -0.25) is 9.59 Å². The average molecular weight is 276 g/mol. The molecule has 1 aliphatic heterocycles. The smallest absolute Gasteiger partial charge is 0.223 e. The monoisotopic (exact) mass is 275 g/mol. The van der Waals surface area contributed by atoms with Crippen LogP contribution < -0.4 is 16.4 Å². The van der Waals surface area contributed by atoms with Gasteiger partial charge in [-0.05, 0) is 31.7 Å². The fraction of sp³-hybridized carbons (Fsp3) is 0.833. The Labute approximate surface area is 114 Å². The van der Waals surface area contributed by atoms with Crippen molar-refractivity contribution in [3.05, 3.63) is 0 Å². The van der Waals surface area contributed by atoms with Gasteiger partial charge in [0.15, 0.2) is 0 Å². The molecule has 0 spiro atoms. The van der Waals surface area contributed by atoms with E-state index >= 15 is 0 Å². The van der Waals surface area contributed by atoms with Crippen LogP contribution in [0.4, 0.5) is 0 Å². The quantitative estimate of drug-likeness (QED) is 0.687. The highest BCUT2D eigenvalue weighted by molar-refractivity contribution is 5.85. The minimum absolute atomic E-state index is 0. The van der Waals surface area contributed by atoms with E-state index in [-0.39, 0.29) is 36.2 Å². The van der Waals surface area contributed by atoms with Crippen LogP contribution in [0, 0.1) is 11.8 Å². The first-order valence-electron chi connectivity index (χ1n) is 6.48. The molecule has 4 N–H and O–H groups in total. The third kappa shape index (κ3) is 3.59. The molecule has 2 aliphatic rings. The number of halogens is 1. The molecule has 2 rings (SSSR count). The first-order chi connectivity index (χ1) is 8.20. The number of nitrogens with one attached hydrogen (secondary N) is 2. The van der Waals surface area contributed by atoms with Crippen LogP contribution in [0.1, 0.15) is 32.1 Å². The lowest BCUT2D eigenvalue weighted by atomic mass is 9.94. The summed E-state index contributed by atoms with van der Waals surface area (Å²) < 4.78 is 0.